The summed E-state index contributed by atoms with van der Waals surface area (Å²) in [7, 11) is 4.61. The van der Waals surface area contributed by atoms with Gasteiger partial charge in [0.1, 0.15) is 23.0 Å². The summed E-state index contributed by atoms with van der Waals surface area (Å²) in [4.78, 5) is 21.8. The van der Waals surface area contributed by atoms with Gasteiger partial charge in [-0.15, -0.1) is 0 Å². The number of rotatable bonds is 20. The molecule has 0 saturated heterocycles. The zero-order valence-corrected chi connectivity index (χ0v) is 40.8. The van der Waals surface area contributed by atoms with Crippen molar-refractivity contribution < 1.29 is 58.3 Å². The minimum absolute atomic E-state index is 0. The third-order valence-corrected chi connectivity index (χ3v) is 11.1. The molecule has 0 heterocycles. The van der Waals surface area contributed by atoms with E-state index in [-0.39, 0.29) is 81.0 Å². The zero-order chi connectivity index (χ0) is 43.4. The van der Waals surface area contributed by atoms with E-state index in [0.29, 0.717) is 11.5 Å². The van der Waals surface area contributed by atoms with E-state index in [9.17, 15) is 19.8 Å². The number of hydrogen-bond donors (Lipinski definition) is 4. The fourth-order valence-corrected chi connectivity index (χ4v) is 8.00. The minimum Gasteiger partial charge on any atom is -0.693 e. The van der Waals surface area contributed by atoms with Crippen LogP contribution in [0.5, 0.6) is 23.0 Å². The van der Waals surface area contributed by atoms with Gasteiger partial charge in [0.15, 0.2) is 0 Å². The Morgan fingerprint density at radius 2 is 1.03 bits per heavy atom. The Hall–Kier alpha value is -3.56. The maximum absolute atomic E-state index is 10.9. The van der Waals surface area contributed by atoms with Gasteiger partial charge in [0, 0.05) is 23.0 Å². The molecule has 0 aliphatic heterocycles. The molecule has 2 aliphatic rings. The average molecular weight is 1050 g/mol. The Bertz CT molecular complexity index is 1620. The van der Waals surface area contributed by atoms with Gasteiger partial charge in [0.25, 0.3) is 0 Å². The summed E-state index contributed by atoms with van der Waals surface area (Å²) in [6.07, 6.45) is 16.7. The van der Waals surface area contributed by atoms with Gasteiger partial charge in [-0.25, -0.2) is 0 Å². The van der Waals surface area contributed by atoms with Crippen LogP contribution in [0.25, 0.3) is 12.3 Å². The number of halogens is 1. The summed E-state index contributed by atoms with van der Waals surface area (Å²) >= 11 is 1.61. The third kappa shape index (κ3) is 19.6. The van der Waals surface area contributed by atoms with Gasteiger partial charge >= 0.3 is 40.1 Å². The second-order valence-electron chi connectivity index (χ2n) is 16.0. The van der Waals surface area contributed by atoms with E-state index in [4.69, 9.17) is 19.7 Å². The Labute approximate surface area is 382 Å². The molecule has 0 spiro atoms. The number of phenols is 2. The quantitative estimate of drug-likeness (QED) is 0.0570. The molecule has 0 bridgehead atoms. The molecule has 0 aromatic heterocycles. The molecule has 0 amide bonds. The molecule has 4 atom stereocenters. The first-order valence-corrected chi connectivity index (χ1v) is 23.7. The van der Waals surface area contributed by atoms with Crippen LogP contribution in [0.1, 0.15) is 153 Å². The van der Waals surface area contributed by atoms with Gasteiger partial charge < -0.3 is 49.6 Å². The number of carboxylic acid groups (broad SMARTS) is 2. The second kappa shape index (κ2) is 31.3. The number of phenolic OH excluding ortho intramolecular Hbond substituents is 2. The van der Waals surface area contributed by atoms with Crippen LogP contribution < -0.4 is 9.47 Å². The van der Waals surface area contributed by atoms with Gasteiger partial charge in [-0.2, -0.15) is 0 Å². The molecule has 2 aliphatic carbocycles. The molecule has 2 aromatic carbocycles. The molecule has 0 saturated carbocycles. The number of aryl methyl sites for hydroxylation is 2. The Kier molecular flexibility index (Phi) is 30.5. The van der Waals surface area contributed by atoms with Crippen LogP contribution in [0.3, 0.4) is 0 Å². The molecule has 4 rings (SSSR count). The number of nitrogens with two attached hydrogens (primary N) is 2. The van der Waals surface area contributed by atoms with E-state index in [1.54, 1.807) is 18.8 Å². The van der Waals surface area contributed by atoms with Crippen molar-refractivity contribution in [1.82, 2.24) is 0 Å². The van der Waals surface area contributed by atoms with Crippen molar-refractivity contribution in [2.45, 2.75) is 143 Å². The summed E-state index contributed by atoms with van der Waals surface area (Å²) in [6.45, 7) is 21.1. The standard InChI is InChI=1S/2C24H34O4.CH3.ClH.2H2N.Pt/c2*1-5-6-7-8-18-14-21(25)24(22(15-18)28-12-11-23(26)27)20-13-17(4)9-10-19(20)16(2)3;;;;;/h2*13-15,19-20,25H,2,5-12H2,1,3-4H3,(H,26,27);1H3;1H;2*1H2;/q;;-1;;2*-1;+1/p-1. The van der Waals surface area contributed by atoms with Gasteiger partial charge in [0.05, 0.1) is 26.1 Å². The predicted molar refractivity (Wildman–Crippen MR) is 249 cm³/mol. The van der Waals surface area contributed by atoms with Crippen LogP contribution in [0.15, 0.2) is 71.9 Å². The Morgan fingerprint density at radius 1 is 0.689 bits per heavy atom. The normalized spacial score (nSPS) is 17.7. The first-order chi connectivity index (χ1) is 27.7. The van der Waals surface area contributed by atoms with Crippen LogP contribution in [0, 0.1) is 19.3 Å². The molecule has 10 nitrogen and oxygen atoms in total. The Morgan fingerprint density at radius 3 is 1.33 bits per heavy atom. The van der Waals surface area contributed by atoms with Gasteiger partial charge in [0.2, 0.25) is 0 Å². The smallest absolute Gasteiger partial charge is 0.693 e. The van der Waals surface area contributed by atoms with Crippen LogP contribution in [-0.4, -0.2) is 45.6 Å². The first-order valence-electron chi connectivity index (χ1n) is 20.8. The monoisotopic (exact) mass is 1050 g/mol. The fraction of sp³-hybridized carbons (Fsp3) is 0.531. The molecular formula is C49H75ClN2O8Pt-3. The summed E-state index contributed by atoms with van der Waals surface area (Å²) in [5, 5.41) is 39.8. The molecule has 4 unspecified atom stereocenters. The van der Waals surface area contributed by atoms with E-state index >= 15 is 0 Å². The molecular weight excluding hydrogens is 975 g/mol. The number of hydrogen-bond acceptors (Lipinski definition) is 6. The minimum atomic E-state index is -0.891. The molecule has 0 fully saturated rings. The molecule has 349 valence electrons. The number of carboxylic acids is 2. The van der Waals surface area contributed by atoms with Crippen molar-refractivity contribution in [2.24, 2.45) is 11.8 Å². The van der Waals surface area contributed by atoms with Crippen molar-refractivity contribution in [3.05, 3.63) is 114 Å². The second-order valence-corrected chi connectivity index (χ2v) is 16.0. The van der Waals surface area contributed by atoms with E-state index < -0.39 is 11.9 Å². The van der Waals surface area contributed by atoms with Crippen molar-refractivity contribution in [3.8, 4) is 23.0 Å². The maximum Gasteiger partial charge on any atom is -0.693 e. The van der Waals surface area contributed by atoms with E-state index in [1.807, 2.05) is 38.1 Å². The molecule has 61 heavy (non-hydrogen) atoms. The SMILES string of the molecule is C=C(C)C1CCC(C)=CC1c1c(O)cc(CCCCC)cc1OCCC(=O)O.C=C(C)C1CCC(C)=CC1c1c(O)cc(CCCCC)cc1OCCC(=O)O.[CH3-].[Cl][Pt].[NH2-].[NH2-]. The van der Waals surface area contributed by atoms with Crippen LogP contribution in [0.4, 0.5) is 0 Å². The van der Waals surface area contributed by atoms with Crippen molar-refractivity contribution in [3.63, 3.8) is 0 Å². The van der Waals surface area contributed by atoms with Crippen LogP contribution in [0.2, 0.25) is 0 Å². The molecule has 0 radical (unpaired) electrons. The van der Waals surface area contributed by atoms with Gasteiger partial charge in [-0.3, -0.25) is 9.59 Å². The summed E-state index contributed by atoms with van der Waals surface area (Å²) in [5.74, 6) is 0.375. The van der Waals surface area contributed by atoms with Crippen molar-refractivity contribution in [2.75, 3.05) is 13.2 Å². The number of allylic oxidation sites excluding steroid dienone is 6. The van der Waals surface area contributed by atoms with E-state index in [2.05, 4.69) is 62.4 Å². The molecule has 12 heteroatoms. The first kappa shape index (κ1) is 59.5. The zero-order valence-electron chi connectivity index (χ0n) is 37.8. The Balaban J connectivity index is 0. The maximum atomic E-state index is 10.9. The van der Waals surface area contributed by atoms with E-state index in [1.165, 1.54) is 11.1 Å². The number of aliphatic carboxylic acids is 2. The van der Waals surface area contributed by atoms with E-state index in [0.717, 1.165) is 110 Å². The molecule has 2 aromatic rings. The van der Waals surface area contributed by atoms with Crippen molar-refractivity contribution in [1.29, 1.82) is 0 Å². The summed E-state index contributed by atoms with van der Waals surface area (Å²) in [6, 6.07) is 7.67. The van der Waals surface area contributed by atoms with Crippen LogP contribution in [-0.2, 0) is 41.2 Å². The van der Waals surface area contributed by atoms with Gasteiger partial charge in [-0.1, -0.05) is 87.1 Å². The number of carbonyl (C=O) groups is 2. The average Bonchev–Trinajstić information content (AvgIpc) is 3.15. The number of benzene rings is 2. The van der Waals surface area contributed by atoms with Crippen molar-refractivity contribution >= 4 is 21.4 Å². The topological polar surface area (TPSA) is 201 Å². The number of aromatic hydroxyl groups is 2. The number of unbranched alkanes of at least 4 members (excludes halogenated alkanes) is 4. The predicted octanol–water partition coefficient (Wildman–Crippen LogP) is 14.6. The third-order valence-electron chi connectivity index (χ3n) is 11.1. The van der Waals surface area contributed by atoms with Crippen LogP contribution >= 0.6 is 9.42 Å². The molecule has 8 N–H and O–H groups in total. The largest absolute Gasteiger partial charge is 0.693 e. The fourth-order valence-electron chi connectivity index (χ4n) is 8.00. The number of ether oxygens (including phenoxy) is 2. The summed E-state index contributed by atoms with van der Waals surface area (Å²) in [5.41, 5.74) is 8.37. The van der Waals surface area contributed by atoms with Gasteiger partial charge in [-0.05, 0) is 126 Å². The summed E-state index contributed by atoms with van der Waals surface area (Å²) < 4.78 is 11.8.